The van der Waals surface area contributed by atoms with Crippen LogP contribution in [0.5, 0.6) is 0 Å². The van der Waals surface area contributed by atoms with Gasteiger partial charge in [0, 0.05) is 30.8 Å². The molecule has 8 nitrogen and oxygen atoms in total. The van der Waals surface area contributed by atoms with E-state index in [2.05, 4.69) is 10.4 Å². The standard InChI is InChI=1S/C18H19ClFN5O3/c1-10-7-15-12(16-17(26)23(2)28-6-5-25(16)22-15)9-24(10)18(27)21-11-3-4-14(20)13(19)8-11/h3-4,8,10H,5-7,9H2,1-2H3,(H,21,27)/t10-/m1/s1. The summed E-state index contributed by atoms with van der Waals surface area (Å²) in [6.07, 6.45) is 0.533. The fraction of sp³-hybridized carbons (Fsp3) is 0.389. The summed E-state index contributed by atoms with van der Waals surface area (Å²) in [4.78, 5) is 32.4. The van der Waals surface area contributed by atoms with Gasteiger partial charge in [0.05, 0.1) is 30.4 Å². The van der Waals surface area contributed by atoms with Gasteiger partial charge in [-0.1, -0.05) is 11.6 Å². The van der Waals surface area contributed by atoms with Crippen LogP contribution in [0.25, 0.3) is 0 Å². The van der Waals surface area contributed by atoms with E-state index in [1.54, 1.807) is 16.6 Å². The van der Waals surface area contributed by atoms with Crippen LogP contribution in [-0.2, 0) is 24.3 Å². The number of nitrogens with zero attached hydrogens (tertiary/aromatic N) is 4. The van der Waals surface area contributed by atoms with Crippen LogP contribution < -0.4 is 5.32 Å². The molecule has 3 heterocycles. The maximum absolute atomic E-state index is 13.3. The van der Waals surface area contributed by atoms with E-state index < -0.39 is 5.82 Å². The predicted octanol–water partition coefficient (Wildman–Crippen LogP) is 2.67. The second-order valence-corrected chi connectivity index (χ2v) is 7.28. The SMILES string of the molecule is C[C@@H]1Cc2nn3c(c2CN1C(=O)Nc1ccc(F)c(Cl)c1)C(=O)N(C)OCC3. The Morgan fingerprint density at radius 1 is 1.43 bits per heavy atom. The van der Waals surface area contributed by atoms with Crippen LogP contribution in [-0.4, -0.2) is 51.4 Å². The fourth-order valence-electron chi connectivity index (χ4n) is 3.51. The second kappa shape index (κ2) is 7.06. The Bertz CT molecular complexity index is 963. The van der Waals surface area contributed by atoms with Crippen LogP contribution in [0.1, 0.15) is 28.7 Å². The number of fused-ring (bicyclic) bond motifs is 3. The van der Waals surface area contributed by atoms with Crippen LogP contribution in [0.2, 0.25) is 5.02 Å². The highest BCUT2D eigenvalue weighted by Gasteiger charge is 2.35. The van der Waals surface area contributed by atoms with E-state index in [4.69, 9.17) is 16.4 Å². The number of carbonyl (C=O) groups is 2. The van der Waals surface area contributed by atoms with Gasteiger partial charge in [0.25, 0.3) is 5.91 Å². The van der Waals surface area contributed by atoms with E-state index in [1.807, 2.05) is 6.92 Å². The number of rotatable bonds is 1. The lowest BCUT2D eigenvalue weighted by atomic mass is 9.99. The highest BCUT2D eigenvalue weighted by atomic mass is 35.5. The van der Waals surface area contributed by atoms with Crippen molar-refractivity contribution in [3.05, 3.63) is 46.0 Å². The number of benzene rings is 1. The van der Waals surface area contributed by atoms with E-state index in [-0.39, 0.29) is 29.5 Å². The molecule has 148 valence electrons. The smallest absolute Gasteiger partial charge is 0.317 e. The molecule has 2 aliphatic heterocycles. The Labute approximate surface area is 165 Å². The van der Waals surface area contributed by atoms with Gasteiger partial charge in [-0.05, 0) is 25.1 Å². The molecule has 1 N–H and O–H groups in total. The van der Waals surface area contributed by atoms with Crippen LogP contribution in [0.3, 0.4) is 0 Å². The normalized spacial score (nSPS) is 19.1. The molecule has 1 atom stereocenters. The quantitative estimate of drug-likeness (QED) is 0.788. The summed E-state index contributed by atoms with van der Waals surface area (Å²) in [5.74, 6) is -0.838. The zero-order chi connectivity index (χ0) is 20.0. The number of urea groups is 1. The first-order valence-electron chi connectivity index (χ1n) is 8.87. The van der Waals surface area contributed by atoms with Gasteiger partial charge in [0.2, 0.25) is 0 Å². The average molecular weight is 408 g/mol. The van der Waals surface area contributed by atoms with Crippen LogP contribution in [0, 0.1) is 5.82 Å². The number of nitrogens with one attached hydrogen (secondary N) is 1. The molecule has 0 unspecified atom stereocenters. The Morgan fingerprint density at radius 2 is 2.21 bits per heavy atom. The van der Waals surface area contributed by atoms with Crippen molar-refractivity contribution < 1.29 is 18.8 Å². The Morgan fingerprint density at radius 3 is 2.96 bits per heavy atom. The topological polar surface area (TPSA) is 79.7 Å². The molecule has 2 aliphatic rings. The minimum Gasteiger partial charge on any atom is -0.317 e. The van der Waals surface area contributed by atoms with Crippen LogP contribution >= 0.6 is 11.6 Å². The molecule has 0 fully saturated rings. The molecule has 0 saturated heterocycles. The molecule has 2 aromatic rings. The van der Waals surface area contributed by atoms with Crippen molar-refractivity contribution in [3.63, 3.8) is 0 Å². The minimum absolute atomic E-state index is 0.0673. The molecule has 0 radical (unpaired) electrons. The number of hydrogen-bond acceptors (Lipinski definition) is 4. The van der Waals surface area contributed by atoms with Crippen molar-refractivity contribution >= 4 is 29.2 Å². The first-order chi connectivity index (χ1) is 13.3. The van der Waals surface area contributed by atoms with Gasteiger partial charge in [-0.15, -0.1) is 0 Å². The zero-order valence-corrected chi connectivity index (χ0v) is 16.2. The largest absolute Gasteiger partial charge is 0.322 e. The number of carbonyl (C=O) groups excluding carboxylic acids is 2. The summed E-state index contributed by atoms with van der Waals surface area (Å²) in [5, 5.41) is 8.42. The van der Waals surface area contributed by atoms with E-state index >= 15 is 0 Å². The third-order valence-corrected chi connectivity index (χ3v) is 5.28. The molecule has 0 aliphatic carbocycles. The number of hydrogen-bond donors (Lipinski definition) is 1. The predicted molar refractivity (Wildman–Crippen MR) is 99.4 cm³/mol. The molecule has 1 aromatic carbocycles. The number of hydroxylamine groups is 2. The number of aromatic nitrogens is 2. The highest BCUT2D eigenvalue weighted by molar-refractivity contribution is 6.31. The molecule has 28 heavy (non-hydrogen) atoms. The lowest BCUT2D eigenvalue weighted by Crippen LogP contribution is -2.45. The molecular formula is C18H19ClFN5O3. The highest BCUT2D eigenvalue weighted by Crippen LogP contribution is 2.28. The van der Waals surface area contributed by atoms with Crippen molar-refractivity contribution in [2.75, 3.05) is 19.0 Å². The fourth-order valence-corrected chi connectivity index (χ4v) is 3.69. The molecule has 0 saturated carbocycles. The molecule has 4 rings (SSSR count). The van der Waals surface area contributed by atoms with Crippen molar-refractivity contribution in [1.29, 1.82) is 0 Å². The molecule has 10 heteroatoms. The first-order valence-corrected chi connectivity index (χ1v) is 9.25. The van der Waals surface area contributed by atoms with E-state index in [0.717, 1.165) is 11.3 Å². The van der Waals surface area contributed by atoms with E-state index in [0.29, 0.717) is 31.0 Å². The lowest BCUT2D eigenvalue weighted by Gasteiger charge is -2.33. The summed E-state index contributed by atoms with van der Waals surface area (Å²) < 4.78 is 15.0. The summed E-state index contributed by atoms with van der Waals surface area (Å²) in [7, 11) is 1.56. The third-order valence-electron chi connectivity index (χ3n) is 4.99. The second-order valence-electron chi connectivity index (χ2n) is 6.87. The Hall–Kier alpha value is -2.65. The summed E-state index contributed by atoms with van der Waals surface area (Å²) in [5.41, 5.74) is 2.39. The van der Waals surface area contributed by atoms with E-state index in [9.17, 15) is 14.0 Å². The minimum atomic E-state index is -0.553. The van der Waals surface area contributed by atoms with Crippen LogP contribution in [0.4, 0.5) is 14.9 Å². The van der Waals surface area contributed by atoms with Crippen molar-refractivity contribution in [3.8, 4) is 0 Å². The van der Waals surface area contributed by atoms with Crippen molar-refractivity contribution in [2.24, 2.45) is 0 Å². The Kier molecular flexibility index (Phi) is 4.72. The number of halogens is 2. The van der Waals surface area contributed by atoms with E-state index in [1.165, 1.54) is 23.3 Å². The summed E-state index contributed by atoms with van der Waals surface area (Å²) in [6, 6.07) is 3.53. The van der Waals surface area contributed by atoms with Gasteiger partial charge >= 0.3 is 6.03 Å². The van der Waals surface area contributed by atoms with Crippen molar-refractivity contribution in [2.45, 2.75) is 32.5 Å². The van der Waals surface area contributed by atoms with Gasteiger partial charge in [-0.2, -0.15) is 5.10 Å². The monoisotopic (exact) mass is 407 g/mol. The zero-order valence-electron chi connectivity index (χ0n) is 15.4. The van der Waals surface area contributed by atoms with Gasteiger partial charge in [0.15, 0.2) is 0 Å². The molecular weight excluding hydrogens is 389 g/mol. The van der Waals surface area contributed by atoms with Crippen LogP contribution in [0.15, 0.2) is 18.2 Å². The molecule has 1 aromatic heterocycles. The number of amides is 3. The van der Waals surface area contributed by atoms with Gasteiger partial charge < -0.3 is 10.2 Å². The maximum atomic E-state index is 13.3. The average Bonchev–Trinajstić information content (AvgIpc) is 2.93. The van der Waals surface area contributed by atoms with Crippen molar-refractivity contribution in [1.82, 2.24) is 19.7 Å². The third kappa shape index (κ3) is 3.20. The Balaban J connectivity index is 1.60. The lowest BCUT2D eigenvalue weighted by molar-refractivity contribution is -0.103. The summed E-state index contributed by atoms with van der Waals surface area (Å²) >= 11 is 5.78. The van der Waals surface area contributed by atoms with Gasteiger partial charge in [-0.3, -0.25) is 14.3 Å². The number of anilines is 1. The van der Waals surface area contributed by atoms with Gasteiger partial charge in [-0.25, -0.2) is 14.2 Å². The molecule has 3 amide bonds. The summed E-state index contributed by atoms with van der Waals surface area (Å²) in [6.45, 7) is 2.97. The molecule has 0 spiro atoms. The van der Waals surface area contributed by atoms with Gasteiger partial charge in [0.1, 0.15) is 11.5 Å². The maximum Gasteiger partial charge on any atom is 0.322 e. The molecule has 0 bridgehead atoms. The first kappa shape index (κ1) is 18.7.